The predicted molar refractivity (Wildman–Crippen MR) is 73.7 cm³/mol. The van der Waals surface area contributed by atoms with Crippen LogP contribution in [0.2, 0.25) is 0 Å². The Bertz CT molecular complexity index is 452. The molecule has 0 saturated heterocycles. The third-order valence-corrected chi connectivity index (χ3v) is 3.66. The molecule has 0 spiro atoms. The van der Waals surface area contributed by atoms with Gasteiger partial charge in [0, 0.05) is 12.1 Å². The van der Waals surface area contributed by atoms with E-state index in [4.69, 9.17) is 9.84 Å². The molecule has 1 aromatic carbocycles. The van der Waals surface area contributed by atoms with Gasteiger partial charge < -0.3 is 15.2 Å². The van der Waals surface area contributed by atoms with E-state index in [1.165, 1.54) is 12.8 Å². The number of para-hydroxylation sites is 1. The fraction of sp³-hybridized carbons (Fsp3) is 0.533. The van der Waals surface area contributed by atoms with Crippen molar-refractivity contribution in [3.05, 3.63) is 29.8 Å². The molecule has 19 heavy (non-hydrogen) atoms. The van der Waals surface area contributed by atoms with Crippen LogP contribution in [0.3, 0.4) is 0 Å². The zero-order chi connectivity index (χ0) is 13.9. The number of carbonyl (C=O) groups is 1. The smallest absolute Gasteiger partial charge is 0.339 e. The molecule has 1 aromatic rings. The molecule has 0 radical (unpaired) electrons. The minimum Gasteiger partial charge on any atom is -0.491 e. The van der Waals surface area contributed by atoms with Gasteiger partial charge in [-0.2, -0.15) is 0 Å². The quantitative estimate of drug-likeness (QED) is 0.742. The van der Waals surface area contributed by atoms with E-state index in [-0.39, 0.29) is 11.1 Å². The van der Waals surface area contributed by atoms with E-state index >= 15 is 0 Å². The van der Waals surface area contributed by atoms with Crippen LogP contribution in [0.1, 0.15) is 37.0 Å². The summed E-state index contributed by atoms with van der Waals surface area (Å²) in [6.07, 6.45) is 2.59. The highest BCUT2D eigenvalue weighted by Gasteiger charge is 2.36. The summed E-state index contributed by atoms with van der Waals surface area (Å²) in [5.74, 6) is 0.238. The van der Waals surface area contributed by atoms with Crippen LogP contribution in [-0.2, 0) is 0 Å². The van der Waals surface area contributed by atoms with E-state index in [1.807, 2.05) is 0 Å². The topological polar surface area (TPSA) is 58.6 Å². The molecule has 0 bridgehead atoms. The van der Waals surface area contributed by atoms with Gasteiger partial charge in [0.2, 0.25) is 0 Å². The number of carboxylic acid groups (broad SMARTS) is 1. The standard InChI is InChI=1S/C15H21NO3/c1-15(2,11-7-8-11)16-9-10-19-13-6-4-3-5-12(13)14(17)18/h3-6,11,16H,7-10H2,1-2H3,(H,17,18). The molecule has 0 unspecified atom stereocenters. The number of aromatic carboxylic acids is 1. The highest BCUT2D eigenvalue weighted by molar-refractivity contribution is 5.90. The molecule has 0 atom stereocenters. The van der Waals surface area contributed by atoms with E-state index in [0.717, 1.165) is 12.5 Å². The molecule has 1 saturated carbocycles. The summed E-state index contributed by atoms with van der Waals surface area (Å²) in [5.41, 5.74) is 0.360. The molecule has 2 rings (SSSR count). The molecule has 0 aliphatic heterocycles. The molecule has 0 amide bonds. The fourth-order valence-corrected chi connectivity index (χ4v) is 2.25. The average Bonchev–Trinajstić information content (AvgIpc) is 3.19. The Hall–Kier alpha value is -1.55. The van der Waals surface area contributed by atoms with Crippen molar-refractivity contribution >= 4 is 5.97 Å². The van der Waals surface area contributed by atoms with E-state index in [0.29, 0.717) is 12.4 Å². The first kappa shape index (κ1) is 13.9. The summed E-state index contributed by atoms with van der Waals surface area (Å²) in [4.78, 5) is 11.0. The van der Waals surface area contributed by atoms with Gasteiger partial charge in [-0.15, -0.1) is 0 Å². The van der Waals surface area contributed by atoms with E-state index in [1.54, 1.807) is 24.3 Å². The van der Waals surface area contributed by atoms with Crippen molar-refractivity contribution in [2.24, 2.45) is 5.92 Å². The number of ether oxygens (including phenoxy) is 1. The van der Waals surface area contributed by atoms with Crippen LogP contribution >= 0.6 is 0 Å². The van der Waals surface area contributed by atoms with Gasteiger partial charge in [0.25, 0.3) is 0 Å². The second kappa shape index (κ2) is 5.61. The third kappa shape index (κ3) is 3.70. The van der Waals surface area contributed by atoms with Crippen LogP contribution < -0.4 is 10.1 Å². The van der Waals surface area contributed by atoms with Crippen LogP contribution in [0.25, 0.3) is 0 Å². The molecule has 0 aromatic heterocycles. The Balaban J connectivity index is 1.81. The normalized spacial score (nSPS) is 15.3. The molecule has 4 heteroatoms. The highest BCUT2D eigenvalue weighted by Crippen LogP contribution is 2.38. The van der Waals surface area contributed by atoms with Crippen molar-refractivity contribution in [2.75, 3.05) is 13.2 Å². The van der Waals surface area contributed by atoms with Gasteiger partial charge in [-0.3, -0.25) is 0 Å². The third-order valence-electron chi connectivity index (χ3n) is 3.66. The maximum Gasteiger partial charge on any atom is 0.339 e. The second-order valence-electron chi connectivity index (χ2n) is 5.57. The summed E-state index contributed by atoms with van der Waals surface area (Å²) in [5, 5.41) is 12.5. The summed E-state index contributed by atoms with van der Waals surface area (Å²) >= 11 is 0. The lowest BCUT2D eigenvalue weighted by Gasteiger charge is -2.26. The highest BCUT2D eigenvalue weighted by atomic mass is 16.5. The maximum atomic E-state index is 11.0. The van der Waals surface area contributed by atoms with E-state index in [9.17, 15) is 4.79 Å². The van der Waals surface area contributed by atoms with Gasteiger partial charge in [-0.25, -0.2) is 4.79 Å². The lowest BCUT2D eigenvalue weighted by molar-refractivity contribution is 0.0692. The molecule has 2 N–H and O–H groups in total. The van der Waals surface area contributed by atoms with Crippen LogP contribution in [0, 0.1) is 5.92 Å². The summed E-state index contributed by atoms with van der Waals surface area (Å²) in [7, 11) is 0. The van der Waals surface area contributed by atoms with E-state index < -0.39 is 5.97 Å². The Morgan fingerprint density at radius 1 is 1.42 bits per heavy atom. The lowest BCUT2D eigenvalue weighted by atomic mass is 9.99. The molecular formula is C15H21NO3. The molecule has 104 valence electrons. The maximum absolute atomic E-state index is 11.0. The van der Waals surface area contributed by atoms with Crippen molar-refractivity contribution in [3.8, 4) is 5.75 Å². The Morgan fingerprint density at radius 3 is 2.74 bits per heavy atom. The summed E-state index contributed by atoms with van der Waals surface area (Å²) in [6.45, 7) is 5.60. The molecule has 1 fully saturated rings. The van der Waals surface area contributed by atoms with Crippen molar-refractivity contribution in [1.29, 1.82) is 0 Å². The lowest BCUT2D eigenvalue weighted by Crippen LogP contribution is -2.43. The number of rotatable bonds is 7. The summed E-state index contributed by atoms with van der Waals surface area (Å²) < 4.78 is 5.55. The van der Waals surface area contributed by atoms with Gasteiger partial charge in [0.05, 0.1) is 0 Å². The van der Waals surface area contributed by atoms with Gasteiger partial charge in [0.1, 0.15) is 17.9 Å². The zero-order valence-electron chi connectivity index (χ0n) is 11.5. The SMILES string of the molecule is CC(C)(NCCOc1ccccc1C(=O)O)C1CC1. The van der Waals surface area contributed by atoms with Crippen molar-refractivity contribution in [3.63, 3.8) is 0 Å². The average molecular weight is 263 g/mol. The van der Waals surface area contributed by atoms with E-state index in [2.05, 4.69) is 19.2 Å². The van der Waals surface area contributed by atoms with Gasteiger partial charge in [-0.05, 0) is 44.7 Å². The first-order valence-corrected chi connectivity index (χ1v) is 6.71. The number of carboxylic acids is 1. The minimum atomic E-state index is -0.957. The van der Waals surface area contributed by atoms with Crippen LogP contribution in [0.15, 0.2) is 24.3 Å². The molecule has 1 aliphatic rings. The molecular weight excluding hydrogens is 242 g/mol. The van der Waals surface area contributed by atoms with Gasteiger partial charge in [-0.1, -0.05) is 12.1 Å². The van der Waals surface area contributed by atoms with Gasteiger partial charge >= 0.3 is 5.97 Å². The number of hydrogen-bond donors (Lipinski definition) is 2. The van der Waals surface area contributed by atoms with Crippen LogP contribution in [-0.4, -0.2) is 29.8 Å². The monoisotopic (exact) mass is 263 g/mol. The van der Waals surface area contributed by atoms with Crippen LogP contribution in [0.4, 0.5) is 0 Å². The number of benzene rings is 1. The second-order valence-corrected chi connectivity index (χ2v) is 5.57. The molecule has 0 heterocycles. The zero-order valence-corrected chi connectivity index (χ0v) is 11.5. The minimum absolute atomic E-state index is 0.148. The first-order chi connectivity index (χ1) is 9.00. The molecule has 4 nitrogen and oxygen atoms in total. The van der Waals surface area contributed by atoms with Crippen molar-refractivity contribution in [1.82, 2.24) is 5.32 Å². The van der Waals surface area contributed by atoms with Crippen LogP contribution in [0.5, 0.6) is 5.75 Å². The predicted octanol–water partition coefficient (Wildman–Crippen LogP) is 2.54. The Labute approximate surface area is 113 Å². The van der Waals surface area contributed by atoms with Crippen molar-refractivity contribution < 1.29 is 14.6 Å². The number of nitrogens with one attached hydrogen (secondary N) is 1. The largest absolute Gasteiger partial charge is 0.491 e. The Morgan fingerprint density at radius 2 is 2.11 bits per heavy atom. The Kier molecular flexibility index (Phi) is 4.10. The number of hydrogen-bond acceptors (Lipinski definition) is 3. The fourth-order valence-electron chi connectivity index (χ4n) is 2.25. The van der Waals surface area contributed by atoms with Crippen molar-refractivity contribution in [2.45, 2.75) is 32.2 Å². The molecule has 1 aliphatic carbocycles. The van der Waals surface area contributed by atoms with Gasteiger partial charge in [0.15, 0.2) is 0 Å². The first-order valence-electron chi connectivity index (χ1n) is 6.71. The summed E-state index contributed by atoms with van der Waals surface area (Å²) in [6, 6.07) is 6.73.